The van der Waals surface area contributed by atoms with Gasteiger partial charge in [-0.1, -0.05) is 0 Å². The second kappa shape index (κ2) is 3.66. The molecule has 0 aliphatic carbocycles. The zero-order chi connectivity index (χ0) is 10.8. The van der Waals surface area contributed by atoms with Crippen molar-refractivity contribution in [1.29, 1.82) is 0 Å². The van der Waals surface area contributed by atoms with Crippen LogP contribution >= 0.6 is 0 Å². The molecule has 2 rings (SSSR count). The molecule has 6 nitrogen and oxygen atoms in total. The van der Waals surface area contributed by atoms with Crippen LogP contribution < -0.4 is 5.32 Å². The summed E-state index contributed by atoms with van der Waals surface area (Å²) in [4.78, 5) is 14.8. The second-order valence-electron chi connectivity index (χ2n) is 3.12. The number of carbonyl (C=O) groups is 1. The van der Waals surface area contributed by atoms with Crippen LogP contribution in [0.2, 0.25) is 0 Å². The van der Waals surface area contributed by atoms with Crippen LogP contribution in [0.25, 0.3) is 5.65 Å². The zero-order valence-electron chi connectivity index (χ0n) is 8.14. The van der Waals surface area contributed by atoms with Crippen LogP contribution in [0.15, 0.2) is 18.6 Å². The quantitative estimate of drug-likeness (QED) is 0.747. The highest BCUT2D eigenvalue weighted by Crippen LogP contribution is 2.08. The maximum Gasteiger partial charge on any atom is 0.341 e. The van der Waals surface area contributed by atoms with Gasteiger partial charge < -0.3 is 10.4 Å². The minimum absolute atomic E-state index is 0.117. The number of nitrogens with one attached hydrogen (secondary N) is 1. The molecule has 2 heterocycles. The third-order valence-electron chi connectivity index (χ3n) is 2.02. The molecule has 0 aliphatic heterocycles. The van der Waals surface area contributed by atoms with E-state index in [9.17, 15) is 4.79 Å². The molecular formula is C9H10N4O2. The lowest BCUT2D eigenvalue weighted by atomic mass is 10.3. The van der Waals surface area contributed by atoms with Crippen molar-refractivity contribution < 1.29 is 9.90 Å². The van der Waals surface area contributed by atoms with E-state index in [1.54, 1.807) is 12.4 Å². The lowest BCUT2D eigenvalue weighted by Crippen LogP contribution is -2.07. The van der Waals surface area contributed by atoms with E-state index < -0.39 is 5.97 Å². The summed E-state index contributed by atoms with van der Waals surface area (Å²) in [5, 5.41) is 15.7. The Bertz CT molecular complexity index is 506. The summed E-state index contributed by atoms with van der Waals surface area (Å²) >= 11 is 0. The molecule has 0 amide bonds. The van der Waals surface area contributed by atoms with Gasteiger partial charge in [0.2, 0.25) is 0 Å². The van der Waals surface area contributed by atoms with Crippen LogP contribution in [0.4, 0.5) is 0 Å². The monoisotopic (exact) mass is 206 g/mol. The summed E-state index contributed by atoms with van der Waals surface area (Å²) in [5.74, 6) is -1.01. The molecule has 6 heteroatoms. The number of rotatable bonds is 3. The Morgan fingerprint density at radius 1 is 1.60 bits per heavy atom. The number of carboxylic acids is 1. The zero-order valence-corrected chi connectivity index (χ0v) is 8.14. The number of fused-ring (bicyclic) bond motifs is 1. The molecule has 78 valence electrons. The SMILES string of the molecule is CNCc1cnc2c(C(=O)O)cnn2c1. The Morgan fingerprint density at radius 2 is 2.40 bits per heavy atom. The minimum atomic E-state index is -1.01. The molecule has 0 fully saturated rings. The third kappa shape index (κ3) is 1.66. The van der Waals surface area contributed by atoms with Crippen LogP contribution in [0.3, 0.4) is 0 Å². The molecule has 0 spiro atoms. The van der Waals surface area contributed by atoms with E-state index in [4.69, 9.17) is 5.11 Å². The van der Waals surface area contributed by atoms with Crippen LogP contribution in [0.5, 0.6) is 0 Å². The second-order valence-corrected chi connectivity index (χ2v) is 3.12. The number of hydrogen-bond acceptors (Lipinski definition) is 4. The fourth-order valence-electron chi connectivity index (χ4n) is 1.36. The van der Waals surface area contributed by atoms with E-state index in [-0.39, 0.29) is 5.56 Å². The topological polar surface area (TPSA) is 79.5 Å². The van der Waals surface area contributed by atoms with Crippen molar-refractivity contribution in [2.24, 2.45) is 0 Å². The molecule has 0 aromatic carbocycles. The minimum Gasteiger partial charge on any atom is -0.477 e. The van der Waals surface area contributed by atoms with Gasteiger partial charge in [-0.2, -0.15) is 5.10 Å². The molecule has 2 N–H and O–H groups in total. The number of carboxylic acid groups (broad SMARTS) is 1. The first-order valence-corrected chi connectivity index (χ1v) is 4.42. The highest BCUT2D eigenvalue weighted by Gasteiger charge is 2.11. The van der Waals surface area contributed by atoms with E-state index in [1.807, 2.05) is 7.05 Å². The lowest BCUT2D eigenvalue weighted by Gasteiger charge is -1.99. The first kappa shape index (κ1) is 9.60. The van der Waals surface area contributed by atoms with Gasteiger partial charge in [-0.25, -0.2) is 14.3 Å². The van der Waals surface area contributed by atoms with E-state index in [0.717, 1.165) is 5.56 Å². The van der Waals surface area contributed by atoms with E-state index in [1.165, 1.54) is 10.7 Å². The average molecular weight is 206 g/mol. The summed E-state index contributed by atoms with van der Waals surface area (Å²) in [6.07, 6.45) is 4.69. The molecule has 0 aliphatic rings. The van der Waals surface area contributed by atoms with Crippen molar-refractivity contribution in [3.05, 3.63) is 29.7 Å². The van der Waals surface area contributed by atoms with Crippen molar-refractivity contribution in [3.63, 3.8) is 0 Å². The number of aromatic nitrogens is 3. The van der Waals surface area contributed by atoms with Gasteiger partial charge in [0.15, 0.2) is 5.65 Å². The Morgan fingerprint density at radius 3 is 3.07 bits per heavy atom. The first-order valence-electron chi connectivity index (χ1n) is 4.42. The van der Waals surface area contributed by atoms with Crippen molar-refractivity contribution >= 4 is 11.6 Å². The fourth-order valence-corrected chi connectivity index (χ4v) is 1.36. The molecule has 0 saturated heterocycles. The highest BCUT2D eigenvalue weighted by molar-refractivity contribution is 5.93. The summed E-state index contributed by atoms with van der Waals surface area (Å²) in [5.41, 5.74) is 1.43. The predicted octanol–water partition coefficient (Wildman–Crippen LogP) is 0.147. The smallest absolute Gasteiger partial charge is 0.341 e. The lowest BCUT2D eigenvalue weighted by molar-refractivity contribution is 0.0699. The number of aromatic carboxylic acids is 1. The molecular weight excluding hydrogens is 196 g/mol. The van der Waals surface area contributed by atoms with Gasteiger partial charge in [0, 0.05) is 24.5 Å². The highest BCUT2D eigenvalue weighted by atomic mass is 16.4. The van der Waals surface area contributed by atoms with Gasteiger partial charge in [0.05, 0.1) is 6.20 Å². The molecule has 0 saturated carbocycles. The molecule has 2 aromatic heterocycles. The van der Waals surface area contributed by atoms with Crippen molar-refractivity contribution in [2.75, 3.05) is 7.05 Å². The number of hydrogen-bond donors (Lipinski definition) is 2. The Labute approximate surface area is 85.6 Å². The Balaban J connectivity index is 2.51. The third-order valence-corrected chi connectivity index (χ3v) is 2.02. The maximum absolute atomic E-state index is 10.8. The summed E-state index contributed by atoms with van der Waals surface area (Å²) in [7, 11) is 1.83. The van der Waals surface area contributed by atoms with Gasteiger partial charge in [0.25, 0.3) is 0 Å². The molecule has 2 aromatic rings. The fraction of sp³-hybridized carbons (Fsp3) is 0.222. The van der Waals surface area contributed by atoms with Gasteiger partial charge in [-0.3, -0.25) is 0 Å². The molecule has 0 atom stereocenters. The summed E-state index contributed by atoms with van der Waals surface area (Å²) in [6, 6.07) is 0. The summed E-state index contributed by atoms with van der Waals surface area (Å²) in [6.45, 7) is 0.672. The summed E-state index contributed by atoms with van der Waals surface area (Å²) < 4.78 is 1.47. The van der Waals surface area contributed by atoms with Crippen LogP contribution in [0, 0.1) is 0 Å². The van der Waals surface area contributed by atoms with Gasteiger partial charge >= 0.3 is 5.97 Å². The predicted molar refractivity (Wildman–Crippen MR) is 52.7 cm³/mol. The van der Waals surface area contributed by atoms with E-state index in [2.05, 4.69) is 15.4 Å². The normalized spacial score (nSPS) is 10.7. The molecule has 0 bridgehead atoms. The van der Waals surface area contributed by atoms with E-state index in [0.29, 0.717) is 12.2 Å². The van der Waals surface area contributed by atoms with Crippen LogP contribution in [0.1, 0.15) is 15.9 Å². The molecule has 0 radical (unpaired) electrons. The van der Waals surface area contributed by atoms with Gasteiger partial charge in [0.1, 0.15) is 5.56 Å². The van der Waals surface area contributed by atoms with Crippen LogP contribution in [-0.4, -0.2) is 32.7 Å². The van der Waals surface area contributed by atoms with E-state index >= 15 is 0 Å². The Hall–Kier alpha value is -1.95. The maximum atomic E-state index is 10.8. The van der Waals surface area contributed by atoms with Crippen molar-refractivity contribution in [3.8, 4) is 0 Å². The molecule has 0 unspecified atom stereocenters. The number of nitrogens with zero attached hydrogens (tertiary/aromatic N) is 3. The average Bonchev–Trinajstić information content (AvgIpc) is 2.61. The largest absolute Gasteiger partial charge is 0.477 e. The van der Waals surface area contributed by atoms with Crippen LogP contribution in [-0.2, 0) is 6.54 Å². The van der Waals surface area contributed by atoms with Crippen molar-refractivity contribution in [2.45, 2.75) is 6.54 Å². The van der Waals surface area contributed by atoms with Gasteiger partial charge in [-0.15, -0.1) is 0 Å². The van der Waals surface area contributed by atoms with Gasteiger partial charge in [-0.05, 0) is 7.05 Å². The standard InChI is InChI=1S/C9H10N4O2/c1-10-2-6-3-11-8-7(9(14)15)4-12-13(8)5-6/h3-5,10H,2H2,1H3,(H,14,15). The van der Waals surface area contributed by atoms with Crippen molar-refractivity contribution in [1.82, 2.24) is 19.9 Å². The molecule has 15 heavy (non-hydrogen) atoms. The Kier molecular flexibility index (Phi) is 2.34. The first-order chi connectivity index (χ1) is 7.22.